The maximum Gasteiger partial charge on any atom is 0.262 e. The first-order valence-electron chi connectivity index (χ1n) is 8.37. The standard InChI is InChI=1S/C21H18FN3OS/c1-14-10-16(15(2)25(14)19-7-5-18(22)6-8-19)11-17(12-23)21(26)24-13-20-4-3-9-27-20/h3-11H,13H2,1-2H3,(H,24,26)/b17-11+. The summed E-state index contributed by atoms with van der Waals surface area (Å²) in [5.41, 5.74) is 3.46. The predicted octanol–water partition coefficient (Wildman–Crippen LogP) is 4.52. The Hall–Kier alpha value is -3.17. The zero-order valence-electron chi connectivity index (χ0n) is 15.0. The second kappa shape index (κ2) is 8.02. The average molecular weight is 379 g/mol. The predicted molar refractivity (Wildman–Crippen MR) is 105 cm³/mol. The van der Waals surface area contributed by atoms with Gasteiger partial charge in [-0.15, -0.1) is 11.3 Å². The van der Waals surface area contributed by atoms with Crippen molar-refractivity contribution in [2.75, 3.05) is 0 Å². The summed E-state index contributed by atoms with van der Waals surface area (Å²) in [4.78, 5) is 13.4. The smallest absolute Gasteiger partial charge is 0.262 e. The Bertz CT molecular complexity index is 1020. The summed E-state index contributed by atoms with van der Waals surface area (Å²) in [6.07, 6.45) is 1.59. The third-order valence-corrected chi connectivity index (χ3v) is 5.10. The van der Waals surface area contributed by atoms with Gasteiger partial charge in [0.25, 0.3) is 5.91 Å². The SMILES string of the molecule is Cc1cc(/C=C(\C#N)C(=O)NCc2cccs2)c(C)n1-c1ccc(F)cc1. The van der Waals surface area contributed by atoms with E-state index in [1.807, 2.05) is 48.1 Å². The van der Waals surface area contributed by atoms with Gasteiger partial charge in [0.2, 0.25) is 0 Å². The molecule has 0 saturated heterocycles. The van der Waals surface area contributed by atoms with Gasteiger partial charge in [-0.25, -0.2) is 4.39 Å². The lowest BCUT2D eigenvalue weighted by atomic mass is 10.1. The molecule has 27 heavy (non-hydrogen) atoms. The van der Waals surface area contributed by atoms with Gasteiger partial charge in [0.15, 0.2) is 0 Å². The van der Waals surface area contributed by atoms with Crippen LogP contribution in [0.3, 0.4) is 0 Å². The van der Waals surface area contributed by atoms with Gasteiger partial charge in [0.05, 0.1) is 6.54 Å². The van der Waals surface area contributed by atoms with Gasteiger partial charge in [-0.3, -0.25) is 4.79 Å². The van der Waals surface area contributed by atoms with E-state index < -0.39 is 5.91 Å². The number of carbonyl (C=O) groups is 1. The first kappa shape index (κ1) is 18.6. The summed E-state index contributed by atoms with van der Waals surface area (Å²) in [6, 6.07) is 13.9. The first-order valence-corrected chi connectivity index (χ1v) is 9.25. The number of thiophene rings is 1. The highest BCUT2D eigenvalue weighted by Gasteiger charge is 2.14. The van der Waals surface area contributed by atoms with Crippen LogP contribution in [0.4, 0.5) is 4.39 Å². The van der Waals surface area contributed by atoms with Crippen molar-refractivity contribution in [1.29, 1.82) is 5.26 Å². The third-order valence-electron chi connectivity index (χ3n) is 4.22. The number of benzene rings is 1. The van der Waals surface area contributed by atoms with Crippen LogP contribution in [0.15, 0.2) is 53.4 Å². The van der Waals surface area contributed by atoms with Crippen LogP contribution in [0.2, 0.25) is 0 Å². The molecular formula is C21H18FN3OS. The second-order valence-corrected chi connectivity index (χ2v) is 7.10. The Balaban J connectivity index is 1.86. The Morgan fingerprint density at radius 2 is 2.04 bits per heavy atom. The van der Waals surface area contributed by atoms with Crippen LogP contribution in [0.25, 0.3) is 11.8 Å². The van der Waals surface area contributed by atoms with E-state index in [1.54, 1.807) is 29.5 Å². The van der Waals surface area contributed by atoms with Crippen LogP contribution >= 0.6 is 11.3 Å². The number of rotatable bonds is 5. The van der Waals surface area contributed by atoms with Crippen LogP contribution in [0.1, 0.15) is 21.8 Å². The lowest BCUT2D eigenvalue weighted by molar-refractivity contribution is -0.117. The largest absolute Gasteiger partial charge is 0.347 e. The third kappa shape index (κ3) is 4.15. The summed E-state index contributed by atoms with van der Waals surface area (Å²) < 4.78 is 15.2. The quantitative estimate of drug-likeness (QED) is 0.523. The molecule has 3 aromatic rings. The number of halogens is 1. The molecule has 0 bridgehead atoms. The first-order chi connectivity index (χ1) is 13.0. The Labute approximate surface area is 161 Å². The van der Waals surface area contributed by atoms with Crippen molar-refractivity contribution in [2.45, 2.75) is 20.4 Å². The minimum atomic E-state index is -0.405. The van der Waals surface area contributed by atoms with Crippen LogP contribution in [-0.2, 0) is 11.3 Å². The number of aryl methyl sites for hydroxylation is 1. The molecular weight excluding hydrogens is 361 g/mol. The van der Waals surface area contributed by atoms with Gasteiger partial charge in [0, 0.05) is 22.0 Å². The summed E-state index contributed by atoms with van der Waals surface area (Å²) in [7, 11) is 0. The zero-order chi connectivity index (χ0) is 19.4. The molecule has 1 N–H and O–H groups in total. The molecule has 0 fully saturated rings. The number of nitrogens with zero attached hydrogens (tertiary/aromatic N) is 2. The minimum absolute atomic E-state index is 0.0471. The van der Waals surface area contributed by atoms with Gasteiger partial charge >= 0.3 is 0 Å². The average Bonchev–Trinajstić information content (AvgIpc) is 3.27. The fourth-order valence-corrected chi connectivity index (χ4v) is 3.55. The highest BCUT2D eigenvalue weighted by atomic mass is 32.1. The molecule has 0 radical (unpaired) electrons. The Morgan fingerprint density at radius 3 is 2.67 bits per heavy atom. The van der Waals surface area contributed by atoms with Crippen molar-refractivity contribution >= 4 is 23.3 Å². The number of hydrogen-bond acceptors (Lipinski definition) is 3. The van der Waals surface area contributed by atoms with E-state index in [4.69, 9.17) is 0 Å². The number of hydrogen-bond donors (Lipinski definition) is 1. The molecule has 4 nitrogen and oxygen atoms in total. The molecule has 0 aliphatic rings. The van der Waals surface area contributed by atoms with Gasteiger partial charge < -0.3 is 9.88 Å². The van der Waals surface area contributed by atoms with E-state index in [0.29, 0.717) is 6.54 Å². The van der Waals surface area contributed by atoms with Crippen LogP contribution in [-0.4, -0.2) is 10.5 Å². The molecule has 0 saturated carbocycles. The van der Waals surface area contributed by atoms with Gasteiger partial charge in [-0.05, 0) is 67.3 Å². The van der Waals surface area contributed by atoms with E-state index >= 15 is 0 Å². The van der Waals surface area contributed by atoms with E-state index in [0.717, 1.165) is 27.5 Å². The Morgan fingerprint density at radius 1 is 1.30 bits per heavy atom. The summed E-state index contributed by atoms with van der Waals surface area (Å²) in [6.45, 7) is 4.22. The number of nitrogens with one attached hydrogen (secondary N) is 1. The van der Waals surface area contributed by atoms with Gasteiger partial charge in [-0.1, -0.05) is 6.07 Å². The number of aromatic nitrogens is 1. The van der Waals surface area contributed by atoms with Crippen LogP contribution in [0.5, 0.6) is 0 Å². The normalized spacial score (nSPS) is 11.3. The molecule has 1 aromatic carbocycles. The molecule has 2 heterocycles. The van der Waals surface area contributed by atoms with Crippen molar-refractivity contribution in [3.63, 3.8) is 0 Å². The van der Waals surface area contributed by atoms with Crippen molar-refractivity contribution in [1.82, 2.24) is 9.88 Å². The van der Waals surface area contributed by atoms with Crippen molar-refractivity contribution < 1.29 is 9.18 Å². The lowest BCUT2D eigenvalue weighted by Crippen LogP contribution is -2.23. The van der Waals surface area contributed by atoms with E-state index in [1.165, 1.54) is 12.1 Å². The number of amides is 1. The lowest BCUT2D eigenvalue weighted by Gasteiger charge is -2.09. The van der Waals surface area contributed by atoms with Crippen molar-refractivity contribution in [2.24, 2.45) is 0 Å². The molecule has 1 amide bonds. The minimum Gasteiger partial charge on any atom is -0.347 e. The molecule has 0 aliphatic heterocycles. The molecule has 6 heteroatoms. The molecule has 3 rings (SSSR count). The van der Waals surface area contributed by atoms with Gasteiger partial charge in [-0.2, -0.15) is 5.26 Å². The van der Waals surface area contributed by atoms with Gasteiger partial charge in [0.1, 0.15) is 17.5 Å². The van der Waals surface area contributed by atoms with Crippen LogP contribution < -0.4 is 5.32 Å². The maximum absolute atomic E-state index is 13.2. The highest BCUT2D eigenvalue weighted by molar-refractivity contribution is 7.09. The fraction of sp³-hybridized carbons (Fsp3) is 0.143. The zero-order valence-corrected chi connectivity index (χ0v) is 15.8. The number of carbonyl (C=O) groups excluding carboxylic acids is 1. The molecule has 0 unspecified atom stereocenters. The maximum atomic E-state index is 13.2. The molecule has 136 valence electrons. The van der Waals surface area contributed by atoms with Crippen LogP contribution in [0, 0.1) is 31.0 Å². The molecule has 2 aromatic heterocycles. The molecule has 0 spiro atoms. The van der Waals surface area contributed by atoms with Crippen molar-refractivity contribution in [3.8, 4) is 11.8 Å². The monoisotopic (exact) mass is 379 g/mol. The number of nitriles is 1. The molecule has 0 aliphatic carbocycles. The fourth-order valence-electron chi connectivity index (χ4n) is 2.90. The van der Waals surface area contributed by atoms with E-state index in [-0.39, 0.29) is 11.4 Å². The topological polar surface area (TPSA) is 57.8 Å². The molecule has 0 atom stereocenters. The highest BCUT2D eigenvalue weighted by Crippen LogP contribution is 2.23. The summed E-state index contributed by atoms with van der Waals surface area (Å²) >= 11 is 1.55. The second-order valence-electron chi connectivity index (χ2n) is 6.07. The Kier molecular flexibility index (Phi) is 5.53. The van der Waals surface area contributed by atoms with E-state index in [2.05, 4.69) is 5.32 Å². The summed E-state index contributed by atoms with van der Waals surface area (Å²) in [5, 5.41) is 14.1. The van der Waals surface area contributed by atoms with E-state index in [9.17, 15) is 14.4 Å². The van der Waals surface area contributed by atoms with Crippen molar-refractivity contribution in [3.05, 3.63) is 81.1 Å². The summed E-state index contributed by atoms with van der Waals surface area (Å²) in [5.74, 6) is -0.701.